The summed E-state index contributed by atoms with van der Waals surface area (Å²) in [5.74, 6) is 0.0344. The Labute approximate surface area is 70.9 Å². The zero-order chi connectivity index (χ0) is 8.60. The molecule has 2 rings (SSSR count). The minimum atomic E-state index is -0.470. The monoisotopic (exact) mass is 168 g/mol. The van der Waals surface area contributed by atoms with Gasteiger partial charge in [-0.15, -0.1) is 0 Å². The summed E-state index contributed by atoms with van der Waals surface area (Å²) in [6, 6.07) is 0. The smallest absolute Gasteiger partial charge is 0.246 e. The number of hydrogen-bond acceptors (Lipinski definition) is 2. The summed E-state index contributed by atoms with van der Waals surface area (Å²) in [4.78, 5) is 23.8. The molecule has 2 heterocycles. The average Bonchev–Trinajstić information content (AvgIpc) is 2.62. The molecule has 2 aliphatic rings. The van der Waals surface area contributed by atoms with E-state index in [0.29, 0.717) is 6.54 Å². The van der Waals surface area contributed by atoms with Crippen molar-refractivity contribution in [3.05, 3.63) is 0 Å². The first-order valence-corrected chi connectivity index (χ1v) is 4.30. The van der Waals surface area contributed by atoms with Crippen LogP contribution in [0, 0.1) is 0 Å². The predicted octanol–water partition coefficient (Wildman–Crippen LogP) is -0.503. The molecule has 4 nitrogen and oxygen atoms in total. The lowest BCUT2D eigenvalue weighted by molar-refractivity contribution is -0.135. The molecule has 1 N–H and O–H groups in total. The van der Waals surface area contributed by atoms with Crippen molar-refractivity contribution >= 4 is 12.3 Å². The maximum Gasteiger partial charge on any atom is 0.246 e. The van der Waals surface area contributed by atoms with Gasteiger partial charge in [-0.1, -0.05) is 0 Å². The highest BCUT2D eigenvalue weighted by Crippen LogP contribution is 2.33. The molecule has 2 fully saturated rings. The van der Waals surface area contributed by atoms with Crippen LogP contribution in [0.15, 0.2) is 0 Å². The van der Waals surface area contributed by atoms with Gasteiger partial charge in [0, 0.05) is 13.1 Å². The SMILES string of the molecule is O=CN1CCCC12CCNC2=O. The van der Waals surface area contributed by atoms with Crippen LogP contribution in [0.4, 0.5) is 0 Å². The fourth-order valence-electron chi connectivity index (χ4n) is 2.23. The van der Waals surface area contributed by atoms with Crippen molar-refractivity contribution in [1.29, 1.82) is 0 Å². The highest BCUT2D eigenvalue weighted by atomic mass is 16.2. The van der Waals surface area contributed by atoms with Crippen molar-refractivity contribution in [2.75, 3.05) is 13.1 Å². The molecule has 66 valence electrons. The first-order chi connectivity index (χ1) is 5.79. The van der Waals surface area contributed by atoms with E-state index in [2.05, 4.69) is 5.32 Å². The van der Waals surface area contributed by atoms with Crippen molar-refractivity contribution in [2.45, 2.75) is 24.8 Å². The lowest BCUT2D eigenvalue weighted by Gasteiger charge is -2.28. The molecule has 0 aromatic rings. The molecule has 4 heteroatoms. The molecule has 2 aliphatic heterocycles. The number of amides is 2. The van der Waals surface area contributed by atoms with E-state index in [4.69, 9.17) is 0 Å². The van der Waals surface area contributed by atoms with Gasteiger partial charge in [0.05, 0.1) is 0 Å². The second-order valence-corrected chi connectivity index (χ2v) is 3.44. The van der Waals surface area contributed by atoms with Crippen LogP contribution in [0.5, 0.6) is 0 Å². The second-order valence-electron chi connectivity index (χ2n) is 3.44. The summed E-state index contributed by atoms with van der Waals surface area (Å²) < 4.78 is 0. The van der Waals surface area contributed by atoms with E-state index in [1.165, 1.54) is 0 Å². The zero-order valence-electron chi connectivity index (χ0n) is 6.88. The van der Waals surface area contributed by atoms with Crippen molar-refractivity contribution < 1.29 is 9.59 Å². The third kappa shape index (κ3) is 0.777. The van der Waals surface area contributed by atoms with Gasteiger partial charge < -0.3 is 10.2 Å². The van der Waals surface area contributed by atoms with Crippen molar-refractivity contribution in [1.82, 2.24) is 10.2 Å². The first-order valence-electron chi connectivity index (χ1n) is 4.30. The van der Waals surface area contributed by atoms with Crippen molar-refractivity contribution in [3.63, 3.8) is 0 Å². The molecule has 0 bridgehead atoms. The van der Waals surface area contributed by atoms with Gasteiger partial charge in [-0.2, -0.15) is 0 Å². The van der Waals surface area contributed by atoms with Gasteiger partial charge in [0.25, 0.3) is 0 Å². The minimum Gasteiger partial charge on any atom is -0.354 e. The van der Waals surface area contributed by atoms with Crippen LogP contribution in [0.1, 0.15) is 19.3 Å². The van der Waals surface area contributed by atoms with E-state index in [1.54, 1.807) is 4.90 Å². The molecular weight excluding hydrogens is 156 g/mol. The topological polar surface area (TPSA) is 49.4 Å². The number of likely N-dealkylation sites (tertiary alicyclic amines) is 1. The van der Waals surface area contributed by atoms with Crippen LogP contribution in [0.2, 0.25) is 0 Å². The van der Waals surface area contributed by atoms with E-state index < -0.39 is 5.54 Å². The van der Waals surface area contributed by atoms with Crippen LogP contribution in [-0.2, 0) is 9.59 Å². The fourth-order valence-corrected chi connectivity index (χ4v) is 2.23. The van der Waals surface area contributed by atoms with Gasteiger partial charge in [-0.3, -0.25) is 9.59 Å². The van der Waals surface area contributed by atoms with Crippen molar-refractivity contribution in [2.24, 2.45) is 0 Å². The second kappa shape index (κ2) is 2.47. The zero-order valence-corrected chi connectivity index (χ0v) is 6.88. The molecule has 0 aromatic carbocycles. The predicted molar refractivity (Wildman–Crippen MR) is 42.4 cm³/mol. The van der Waals surface area contributed by atoms with Gasteiger partial charge in [-0.05, 0) is 19.3 Å². The molecule has 2 saturated heterocycles. The van der Waals surface area contributed by atoms with E-state index in [-0.39, 0.29) is 5.91 Å². The summed E-state index contributed by atoms with van der Waals surface area (Å²) in [6.45, 7) is 1.44. The molecule has 0 radical (unpaired) electrons. The third-order valence-electron chi connectivity index (χ3n) is 2.91. The van der Waals surface area contributed by atoms with E-state index in [1.807, 2.05) is 0 Å². The Morgan fingerprint density at radius 3 is 2.92 bits per heavy atom. The Morgan fingerprint density at radius 1 is 1.50 bits per heavy atom. The molecule has 12 heavy (non-hydrogen) atoms. The number of carbonyl (C=O) groups excluding carboxylic acids is 2. The van der Waals surface area contributed by atoms with Crippen LogP contribution >= 0.6 is 0 Å². The summed E-state index contributed by atoms with van der Waals surface area (Å²) in [7, 11) is 0. The Morgan fingerprint density at radius 2 is 2.33 bits per heavy atom. The third-order valence-corrected chi connectivity index (χ3v) is 2.91. The fraction of sp³-hybridized carbons (Fsp3) is 0.750. The Balaban J connectivity index is 2.28. The van der Waals surface area contributed by atoms with E-state index >= 15 is 0 Å². The van der Waals surface area contributed by atoms with Gasteiger partial charge in [0.15, 0.2) is 0 Å². The standard InChI is InChI=1S/C8H12N2O2/c11-6-10-5-1-2-8(10)3-4-9-7(8)12/h6H,1-5H2,(H,9,12). The maximum atomic E-state index is 11.5. The number of rotatable bonds is 1. The molecular formula is C8H12N2O2. The molecule has 1 atom stereocenters. The molecule has 0 aromatic heterocycles. The van der Waals surface area contributed by atoms with E-state index in [9.17, 15) is 9.59 Å². The summed E-state index contributed by atoms with van der Waals surface area (Å²) >= 11 is 0. The Bertz CT molecular complexity index is 225. The van der Waals surface area contributed by atoms with Crippen LogP contribution in [-0.4, -0.2) is 35.8 Å². The van der Waals surface area contributed by atoms with Gasteiger partial charge >= 0.3 is 0 Å². The van der Waals surface area contributed by atoms with Gasteiger partial charge in [-0.25, -0.2) is 0 Å². The lowest BCUT2D eigenvalue weighted by atomic mass is 9.95. The van der Waals surface area contributed by atoms with Crippen LogP contribution in [0.3, 0.4) is 0 Å². The number of nitrogens with zero attached hydrogens (tertiary/aromatic N) is 1. The van der Waals surface area contributed by atoms with E-state index in [0.717, 1.165) is 32.2 Å². The summed E-state index contributed by atoms with van der Waals surface area (Å²) in [5.41, 5.74) is -0.470. The molecule has 0 aliphatic carbocycles. The number of nitrogens with one attached hydrogen (secondary N) is 1. The molecule has 2 amide bonds. The maximum absolute atomic E-state index is 11.5. The Hall–Kier alpha value is -1.06. The molecule has 1 spiro atoms. The van der Waals surface area contributed by atoms with Crippen LogP contribution < -0.4 is 5.32 Å². The lowest BCUT2D eigenvalue weighted by Crippen LogP contribution is -2.48. The average molecular weight is 168 g/mol. The largest absolute Gasteiger partial charge is 0.354 e. The summed E-state index contributed by atoms with van der Waals surface area (Å²) in [6.07, 6.45) is 3.37. The normalized spacial score (nSPS) is 34.3. The van der Waals surface area contributed by atoms with Crippen LogP contribution in [0.25, 0.3) is 0 Å². The Kier molecular flexibility index (Phi) is 1.56. The minimum absolute atomic E-state index is 0.0344. The summed E-state index contributed by atoms with van der Waals surface area (Å²) in [5, 5.41) is 2.78. The number of carbonyl (C=O) groups is 2. The van der Waals surface area contributed by atoms with Gasteiger partial charge in [0.2, 0.25) is 12.3 Å². The molecule has 0 saturated carbocycles. The quantitative estimate of drug-likeness (QED) is 0.536. The van der Waals surface area contributed by atoms with Crippen molar-refractivity contribution in [3.8, 4) is 0 Å². The highest BCUT2D eigenvalue weighted by molar-refractivity contribution is 5.90. The van der Waals surface area contributed by atoms with Gasteiger partial charge in [0.1, 0.15) is 5.54 Å². The first kappa shape index (κ1) is 7.58. The molecule has 1 unspecified atom stereocenters. The highest BCUT2D eigenvalue weighted by Gasteiger charge is 2.49. The number of hydrogen-bond donors (Lipinski definition) is 1.